The molecule has 4 rings (SSSR count). The van der Waals surface area contributed by atoms with Crippen LogP contribution in [0, 0.1) is 6.92 Å². The van der Waals surface area contributed by atoms with Gasteiger partial charge in [0.15, 0.2) is 0 Å². The number of aromatic nitrogens is 3. The van der Waals surface area contributed by atoms with Crippen LogP contribution in [0.3, 0.4) is 0 Å². The average molecular weight is 501 g/mol. The van der Waals surface area contributed by atoms with Crippen molar-refractivity contribution < 1.29 is 14.3 Å². The summed E-state index contributed by atoms with van der Waals surface area (Å²) in [4.78, 5) is 17.2. The Labute approximate surface area is 215 Å². The summed E-state index contributed by atoms with van der Waals surface area (Å²) in [5, 5.41) is 12.1. The Morgan fingerprint density at radius 3 is 1.89 bits per heavy atom. The van der Waals surface area contributed by atoms with Crippen molar-refractivity contribution in [2.75, 3.05) is 24.3 Å². The quantitative estimate of drug-likeness (QED) is 0.266. The summed E-state index contributed by atoms with van der Waals surface area (Å²) >= 11 is 1.24. The van der Waals surface area contributed by atoms with Gasteiger partial charge in [-0.1, -0.05) is 29.5 Å². The number of benzene rings is 3. The number of carbonyl (C=O) groups is 1. The Morgan fingerprint density at radius 2 is 1.33 bits per heavy atom. The summed E-state index contributed by atoms with van der Waals surface area (Å²) in [5.41, 5.74) is 4.97. The van der Waals surface area contributed by atoms with Gasteiger partial charge in [0, 0.05) is 16.8 Å². The molecule has 36 heavy (non-hydrogen) atoms. The first-order valence-corrected chi connectivity index (χ1v) is 12.7. The minimum Gasteiger partial charge on any atom is -0.494 e. The highest BCUT2D eigenvalue weighted by Gasteiger charge is 2.15. The predicted molar refractivity (Wildman–Crippen MR) is 144 cm³/mol. The van der Waals surface area contributed by atoms with Crippen LogP contribution in [0.2, 0.25) is 0 Å². The zero-order valence-corrected chi connectivity index (χ0v) is 21.3. The van der Waals surface area contributed by atoms with Gasteiger partial charge in [0.05, 0.1) is 19.0 Å². The molecule has 0 saturated carbocycles. The van der Waals surface area contributed by atoms with Crippen molar-refractivity contribution in [2.45, 2.75) is 25.9 Å². The van der Waals surface area contributed by atoms with Crippen molar-refractivity contribution in [1.29, 1.82) is 0 Å². The van der Waals surface area contributed by atoms with Crippen LogP contribution in [-0.4, -0.2) is 40.1 Å². The van der Waals surface area contributed by atoms with Crippen LogP contribution in [-0.2, 0) is 4.79 Å². The SMILES string of the molecule is CCOc1ccc(-c2nnc(SCC(=O)Nc3ccc(C)cc3)nc2-c2ccc(OCC)cc2)cc1. The summed E-state index contributed by atoms with van der Waals surface area (Å²) in [7, 11) is 0. The van der Waals surface area contributed by atoms with Crippen molar-refractivity contribution in [3.8, 4) is 34.0 Å². The van der Waals surface area contributed by atoms with Crippen molar-refractivity contribution in [1.82, 2.24) is 15.2 Å². The number of ether oxygens (including phenoxy) is 2. The summed E-state index contributed by atoms with van der Waals surface area (Å²) < 4.78 is 11.1. The number of amides is 1. The normalized spacial score (nSPS) is 10.6. The Balaban J connectivity index is 1.57. The molecule has 0 unspecified atom stereocenters. The first-order valence-electron chi connectivity index (χ1n) is 11.8. The van der Waals surface area contributed by atoms with Crippen LogP contribution in [0.15, 0.2) is 78.0 Å². The minimum absolute atomic E-state index is 0.134. The fourth-order valence-electron chi connectivity index (χ4n) is 3.48. The number of thioether (sulfide) groups is 1. The highest BCUT2D eigenvalue weighted by Crippen LogP contribution is 2.32. The van der Waals surface area contributed by atoms with E-state index in [-0.39, 0.29) is 11.7 Å². The average Bonchev–Trinajstić information content (AvgIpc) is 2.90. The zero-order chi connectivity index (χ0) is 25.3. The van der Waals surface area contributed by atoms with Crippen molar-refractivity contribution in [2.24, 2.45) is 0 Å². The van der Waals surface area contributed by atoms with Crippen molar-refractivity contribution in [3.63, 3.8) is 0 Å². The third kappa shape index (κ3) is 6.60. The van der Waals surface area contributed by atoms with Crippen molar-refractivity contribution in [3.05, 3.63) is 78.4 Å². The fraction of sp³-hybridized carbons (Fsp3) is 0.214. The fourth-order valence-corrected chi connectivity index (χ4v) is 4.07. The van der Waals surface area contributed by atoms with Crippen LogP contribution < -0.4 is 14.8 Å². The van der Waals surface area contributed by atoms with Gasteiger partial charge in [-0.25, -0.2) is 4.98 Å². The Hall–Kier alpha value is -3.91. The molecule has 0 aliphatic carbocycles. The van der Waals surface area contributed by atoms with Gasteiger partial charge in [-0.15, -0.1) is 10.2 Å². The Bertz CT molecular complexity index is 1290. The first kappa shape index (κ1) is 25.2. The first-order chi connectivity index (χ1) is 17.6. The van der Waals surface area contributed by atoms with E-state index in [1.807, 2.05) is 93.6 Å². The summed E-state index contributed by atoms with van der Waals surface area (Å²) in [5.74, 6) is 1.61. The van der Waals surface area contributed by atoms with Crippen LogP contribution in [0.25, 0.3) is 22.5 Å². The van der Waals surface area contributed by atoms with Crippen LogP contribution in [0.1, 0.15) is 19.4 Å². The maximum absolute atomic E-state index is 12.5. The highest BCUT2D eigenvalue weighted by molar-refractivity contribution is 7.99. The lowest BCUT2D eigenvalue weighted by molar-refractivity contribution is -0.113. The van der Waals surface area contributed by atoms with E-state index in [0.717, 1.165) is 33.9 Å². The number of nitrogens with zero attached hydrogens (tertiary/aromatic N) is 3. The number of hydrogen-bond acceptors (Lipinski definition) is 7. The lowest BCUT2D eigenvalue weighted by atomic mass is 10.0. The van der Waals surface area contributed by atoms with Gasteiger partial charge < -0.3 is 14.8 Å². The number of rotatable bonds is 10. The van der Waals surface area contributed by atoms with Crippen LogP contribution >= 0.6 is 11.8 Å². The Kier molecular flexibility index (Phi) is 8.52. The van der Waals surface area contributed by atoms with Crippen LogP contribution in [0.5, 0.6) is 11.5 Å². The molecule has 0 radical (unpaired) electrons. The molecule has 0 saturated heterocycles. The molecule has 7 nitrogen and oxygen atoms in total. The third-order valence-corrected chi connectivity index (χ3v) is 6.05. The van der Waals surface area contributed by atoms with E-state index < -0.39 is 0 Å². The number of anilines is 1. The molecule has 4 aromatic rings. The number of aryl methyl sites for hydroxylation is 1. The van der Waals surface area contributed by atoms with E-state index >= 15 is 0 Å². The van der Waals surface area contributed by atoms with Gasteiger partial charge in [0.2, 0.25) is 11.1 Å². The van der Waals surface area contributed by atoms with E-state index in [0.29, 0.717) is 29.8 Å². The van der Waals surface area contributed by atoms with E-state index in [1.54, 1.807) is 0 Å². The molecule has 0 atom stereocenters. The van der Waals surface area contributed by atoms with Gasteiger partial charge in [-0.3, -0.25) is 4.79 Å². The van der Waals surface area contributed by atoms with Crippen molar-refractivity contribution >= 4 is 23.4 Å². The van der Waals surface area contributed by atoms with Crippen LogP contribution in [0.4, 0.5) is 5.69 Å². The second-order valence-corrected chi connectivity index (χ2v) is 8.85. The number of carbonyl (C=O) groups excluding carboxylic acids is 1. The molecule has 3 aromatic carbocycles. The molecule has 0 bridgehead atoms. The summed E-state index contributed by atoms with van der Waals surface area (Å²) in [6, 6.07) is 23.1. The summed E-state index contributed by atoms with van der Waals surface area (Å²) in [6.07, 6.45) is 0. The Morgan fingerprint density at radius 1 is 0.778 bits per heavy atom. The molecule has 1 amide bonds. The minimum atomic E-state index is -0.134. The molecule has 0 spiro atoms. The van der Waals surface area contributed by atoms with E-state index in [2.05, 4.69) is 15.5 Å². The largest absolute Gasteiger partial charge is 0.494 e. The highest BCUT2D eigenvalue weighted by atomic mass is 32.2. The summed E-state index contributed by atoms with van der Waals surface area (Å²) in [6.45, 7) is 7.10. The molecule has 184 valence electrons. The maximum atomic E-state index is 12.5. The lowest BCUT2D eigenvalue weighted by Crippen LogP contribution is -2.14. The predicted octanol–water partition coefficient (Wildman–Crippen LogP) is 6.04. The molecule has 0 aliphatic rings. The molecular formula is C28H28N4O3S. The van der Waals surface area contributed by atoms with Gasteiger partial charge in [-0.05, 0) is 81.4 Å². The molecular weight excluding hydrogens is 472 g/mol. The second kappa shape index (κ2) is 12.2. The van der Waals surface area contributed by atoms with E-state index in [1.165, 1.54) is 11.8 Å². The lowest BCUT2D eigenvalue weighted by Gasteiger charge is -2.11. The molecule has 1 aromatic heterocycles. The monoisotopic (exact) mass is 500 g/mol. The van der Waals surface area contributed by atoms with Gasteiger partial charge in [-0.2, -0.15) is 0 Å². The molecule has 0 aliphatic heterocycles. The van der Waals surface area contributed by atoms with Gasteiger partial charge in [0.1, 0.15) is 22.9 Å². The van der Waals surface area contributed by atoms with E-state index in [9.17, 15) is 4.79 Å². The third-order valence-electron chi connectivity index (χ3n) is 5.21. The topological polar surface area (TPSA) is 86.2 Å². The standard InChI is InChI=1S/C28H28N4O3S/c1-4-34-23-14-8-20(9-15-23)26-27(21-10-16-24(17-11-21)35-5-2)31-32-28(30-26)36-18-25(33)29-22-12-6-19(3)7-13-22/h6-17H,4-5,18H2,1-3H3,(H,29,33). The van der Waals surface area contributed by atoms with Gasteiger partial charge in [0.25, 0.3) is 0 Å². The van der Waals surface area contributed by atoms with Gasteiger partial charge >= 0.3 is 0 Å². The smallest absolute Gasteiger partial charge is 0.234 e. The maximum Gasteiger partial charge on any atom is 0.234 e. The molecule has 1 heterocycles. The number of hydrogen-bond donors (Lipinski definition) is 1. The zero-order valence-electron chi connectivity index (χ0n) is 20.5. The number of nitrogens with one attached hydrogen (secondary N) is 1. The molecule has 8 heteroatoms. The van der Waals surface area contributed by atoms with E-state index in [4.69, 9.17) is 14.5 Å². The second-order valence-electron chi connectivity index (χ2n) is 7.91. The molecule has 0 fully saturated rings. The molecule has 1 N–H and O–H groups in total.